The summed E-state index contributed by atoms with van der Waals surface area (Å²) in [6, 6.07) is 7.47. The highest BCUT2D eigenvalue weighted by Crippen LogP contribution is 2.57. The Morgan fingerprint density at radius 3 is 2.71 bits per heavy atom. The maximum Gasteiger partial charge on any atom is 0.274 e. The Morgan fingerprint density at radius 1 is 1.34 bits per heavy atom. The van der Waals surface area contributed by atoms with Crippen molar-refractivity contribution in [3.05, 3.63) is 59.1 Å². The molecule has 2 unspecified atom stereocenters. The third-order valence-electron chi connectivity index (χ3n) is 7.53. The van der Waals surface area contributed by atoms with Gasteiger partial charge in [0.1, 0.15) is 29.0 Å². The predicted octanol–water partition coefficient (Wildman–Crippen LogP) is 3.27. The molecule has 2 aliphatic rings. The van der Waals surface area contributed by atoms with Gasteiger partial charge in [-0.05, 0) is 62.6 Å². The number of hydrogen-bond acceptors (Lipinski definition) is 6. The lowest BCUT2D eigenvalue weighted by Gasteiger charge is -2.25. The monoisotopic (exact) mass is 477 g/mol. The molecule has 0 bridgehead atoms. The molecule has 0 aliphatic heterocycles. The molecule has 9 nitrogen and oxygen atoms in total. The van der Waals surface area contributed by atoms with Gasteiger partial charge < -0.3 is 20.7 Å². The van der Waals surface area contributed by atoms with E-state index in [0.717, 1.165) is 30.3 Å². The number of nitriles is 1. The molecular weight excluding hydrogens is 449 g/mol. The van der Waals surface area contributed by atoms with Crippen LogP contribution in [0.3, 0.4) is 0 Å². The number of halogens is 1. The average Bonchev–Trinajstić information content (AvgIpc) is 3.56. The lowest BCUT2D eigenvalue weighted by Crippen LogP contribution is -2.27. The molecule has 0 spiro atoms. The summed E-state index contributed by atoms with van der Waals surface area (Å²) in [4.78, 5) is 17.7. The topological polar surface area (TPSA) is 135 Å². The van der Waals surface area contributed by atoms with Crippen LogP contribution in [-0.4, -0.2) is 30.3 Å². The molecule has 0 radical (unpaired) electrons. The number of imidazole rings is 1. The van der Waals surface area contributed by atoms with Crippen molar-refractivity contribution in [2.45, 2.75) is 50.7 Å². The minimum absolute atomic E-state index is 0.0977. The SMILES string of the molecule is CCn1nc(N)cc1C1(O)CC2CC(c3ncn(C)c3C(=O)Nc3ccc(F)c(C#N)c3)CC2C1. The Labute approximate surface area is 202 Å². The number of anilines is 2. The van der Waals surface area contributed by atoms with E-state index in [1.807, 2.05) is 6.92 Å². The Hall–Kier alpha value is -3.71. The van der Waals surface area contributed by atoms with E-state index in [-0.39, 0.29) is 17.4 Å². The van der Waals surface area contributed by atoms with Gasteiger partial charge in [0.2, 0.25) is 0 Å². The zero-order chi connectivity index (χ0) is 24.9. The summed E-state index contributed by atoms with van der Waals surface area (Å²) >= 11 is 0. The molecule has 2 saturated carbocycles. The number of nitrogens with two attached hydrogens (primary N) is 1. The molecule has 1 amide bonds. The molecule has 2 aromatic heterocycles. The first-order valence-electron chi connectivity index (χ1n) is 11.8. The second kappa shape index (κ2) is 8.50. The highest BCUT2D eigenvalue weighted by atomic mass is 19.1. The fourth-order valence-electron chi connectivity index (χ4n) is 6.05. The first kappa shape index (κ1) is 23.1. The number of carbonyl (C=O) groups excluding carboxylic acids is 1. The van der Waals surface area contributed by atoms with Crippen molar-refractivity contribution in [1.82, 2.24) is 19.3 Å². The average molecular weight is 478 g/mol. The Kier molecular flexibility index (Phi) is 5.60. The van der Waals surface area contributed by atoms with Crippen LogP contribution in [0.4, 0.5) is 15.9 Å². The zero-order valence-corrected chi connectivity index (χ0v) is 19.7. The van der Waals surface area contributed by atoms with E-state index in [4.69, 9.17) is 11.0 Å². The summed E-state index contributed by atoms with van der Waals surface area (Å²) in [5.41, 5.74) is 7.12. The zero-order valence-electron chi connectivity index (χ0n) is 19.7. The fourth-order valence-corrected chi connectivity index (χ4v) is 6.05. The molecule has 182 valence electrons. The predicted molar refractivity (Wildman–Crippen MR) is 127 cm³/mol. The molecular formula is C25H28FN7O2. The van der Waals surface area contributed by atoms with Crippen LogP contribution >= 0.6 is 0 Å². The van der Waals surface area contributed by atoms with Gasteiger partial charge in [0, 0.05) is 31.3 Å². The van der Waals surface area contributed by atoms with E-state index >= 15 is 0 Å². The van der Waals surface area contributed by atoms with Gasteiger partial charge in [-0.15, -0.1) is 0 Å². The second-order valence-corrected chi connectivity index (χ2v) is 9.75. The number of rotatable bonds is 5. The summed E-state index contributed by atoms with van der Waals surface area (Å²) in [6.07, 6.45) is 4.54. The van der Waals surface area contributed by atoms with Gasteiger partial charge in [-0.3, -0.25) is 9.48 Å². The van der Waals surface area contributed by atoms with E-state index < -0.39 is 11.4 Å². The van der Waals surface area contributed by atoms with Gasteiger partial charge in [-0.25, -0.2) is 9.37 Å². The first-order valence-corrected chi connectivity index (χ1v) is 11.8. The molecule has 0 saturated heterocycles. The number of benzene rings is 1. The molecule has 5 rings (SSSR count). The minimum atomic E-state index is -0.952. The Bertz CT molecular complexity index is 1320. The van der Waals surface area contributed by atoms with Crippen molar-refractivity contribution < 1.29 is 14.3 Å². The summed E-state index contributed by atoms with van der Waals surface area (Å²) < 4.78 is 17.1. The van der Waals surface area contributed by atoms with Gasteiger partial charge in [0.15, 0.2) is 0 Å². The second-order valence-electron chi connectivity index (χ2n) is 9.75. The van der Waals surface area contributed by atoms with Crippen LogP contribution in [0.15, 0.2) is 30.6 Å². The van der Waals surface area contributed by atoms with Crippen molar-refractivity contribution in [2.75, 3.05) is 11.1 Å². The number of hydrogen-bond donors (Lipinski definition) is 3. The van der Waals surface area contributed by atoms with E-state index in [0.29, 0.717) is 48.4 Å². The third-order valence-corrected chi connectivity index (χ3v) is 7.53. The fraction of sp³-hybridized carbons (Fsp3) is 0.440. The molecule has 35 heavy (non-hydrogen) atoms. The van der Waals surface area contributed by atoms with Crippen molar-refractivity contribution in [3.63, 3.8) is 0 Å². The van der Waals surface area contributed by atoms with Crippen molar-refractivity contribution >= 4 is 17.4 Å². The number of nitrogens with one attached hydrogen (secondary N) is 1. The van der Waals surface area contributed by atoms with Crippen LogP contribution in [0.1, 0.15) is 66.0 Å². The molecule has 2 heterocycles. The first-order chi connectivity index (χ1) is 16.7. The maximum atomic E-state index is 13.7. The standard InChI is InChI=1S/C25H28FN7O2/c1-3-33-20(9-21(28)31-33)25(35)10-15-6-14(7-16(15)11-25)22-23(32(2)13-29-22)24(34)30-18-4-5-19(26)17(8-18)12-27/h4-5,8-9,13-16,35H,3,6-7,10-11H2,1-2H3,(H2,28,31)(H,30,34). The molecule has 10 heteroatoms. The van der Waals surface area contributed by atoms with Crippen molar-refractivity contribution in [1.29, 1.82) is 5.26 Å². The highest BCUT2D eigenvalue weighted by Gasteiger charge is 2.51. The molecule has 2 aliphatic carbocycles. The number of fused-ring (bicyclic) bond motifs is 1. The van der Waals surface area contributed by atoms with Gasteiger partial charge in [-0.2, -0.15) is 10.4 Å². The molecule has 2 fully saturated rings. The van der Waals surface area contributed by atoms with Gasteiger partial charge in [0.05, 0.1) is 23.3 Å². The number of nitrogens with zero attached hydrogens (tertiary/aromatic N) is 5. The van der Waals surface area contributed by atoms with Crippen molar-refractivity contribution in [2.24, 2.45) is 18.9 Å². The van der Waals surface area contributed by atoms with Gasteiger partial charge in [0.25, 0.3) is 5.91 Å². The normalized spacial score (nSPS) is 25.4. The number of carbonyl (C=O) groups is 1. The van der Waals surface area contributed by atoms with E-state index in [9.17, 15) is 14.3 Å². The van der Waals surface area contributed by atoms with E-state index in [1.54, 1.807) is 34.8 Å². The molecule has 1 aromatic carbocycles. The summed E-state index contributed by atoms with van der Waals surface area (Å²) in [7, 11) is 1.77. The van der Waals surface area contributed by atoms with Gasteiger partial charge >= 0.3 is 0 Å². The Balaban J connectivity index is 1.33. The van der Waals surface area contributed by atoms with E-state index in [1.165, 1.54) is 12.1 Å². The lowest BCUT2D eigenvalue weighted by atomic mass is 9.90. The van der Waals surface area contributed by atoms with E-state index in [2.05, 4.69) is 15.4 Å². The molecule has 2 atom stereocenters. The minimum Gasteiger partial charge on any atom is -0.384 e. The quantitative estimate of drug-likeness (QED) is 0.516. The third kappa shape index (κ3) is 3.96. The van der Waals surface area contributed by atoms with Gasteiger partial charge in [-0.1, -0.05) is 0 Å². The summed E-state index contributed by atoms with van der Waals surface area (Å²) in [6.45, 7) is 2.62. The smallest absolute Gasteiger partial charge is 0.274 e. The van der Waals surface area contributed by atoms with Crippen LogP contribution in [0, 0.1) is 29.0 Å². The van der Waals surface area contributed by atoms with Crippen LogP contribution in [0.5, 0.6) is 0 Å². The number of aryl methyl sites for hydroxylation is 2. The maximum absolute atomic E-state index is 13.7. The summed E-state index contributed by atoms with van der Waals surface area (Å²) in [5.74, 6) is 0.137. The van der Waals surface area contributed by atoms with Crippen LogP contribution in [0.2, 0.25) is 0 Å². The van der Waals surface area contributed by atoms with Crippen LogP contribution in [-0.2, 0) is 19.2 Å². The molecule has 4 N–H and O–H groups in total. The number of aromatic nitrogens is 4. The lowest BCUT2D eigenvalue weighted by molar-refractivity contribution is 0.0255. The highest BCUT2D eigenvalue weighted by molar-refractivity contribution is 6.04. The summed E-state index contributed by atoms with van der Waals surface area (Å²) in [5, 5.41) is 27.6. The number of aliphatic hydroxyl groups is 1. The van der Waals surface area contributed by atoms with Crippen molar-refractivity contribution in [3.8, 4) is 6.07 Å². The number of amides is 1. The molecule has 3 aromatic rings. The number of nitrogen functional groups attached to an aromatic ring is 1. The van der Waals surface area contributed by atoms with Crippen LogP contribution < -0.4 is 11.1 Å². The van der Waals surface area contributed by atoms with Crippen LogP contribution in [0.25, 0.3) is 0 Å². The Morgan fingerprint density at radius 2 is 2.06 bits per heavy atom. The largest absolute Gasteiger partial charge is 0.384 e.